The van der Waals surface area contributed by atoms with E-state index in [4.69, 9.17) is 9.84 Å². The molecule has 8 nitrogen and oxygen atoms in total. The summed E-state index contributed by atoms with van der Waals surface area (Å²) in [5, 5.41) is 8.71. The lowest BCUT2D eigenvalue weighted by Gasteiger charge is -2.09. The van der Waals surface area contributed by atoms with Crippen molar-refractivity contribution in [2.75, 3.05) is 25.0 Å². The van der Waals surface area contributed by atoms with Crippen LogP contribution in [0.5, 0.6) is 0 Å². The van der Waals surface area contributed by atoms with Gasteiger partial charge in [-0.1, -0.05) is 0 Å². The van der Waals surface area contributed by atoms with Gasteiger partial charge in [-0.05, 0) is 12.1 Å². The smallest absolute Gasteiger partial charge is 0.354 e. The Morgan fingerprint density at radius 3 is 2.89 bits per heavy atom. The van der Waals surface area contributed by atoms with Gasteiger partial charge in [-0.2, -0.15) is 13.1 Å². The molecule has 0 atom stereocenters. The molecule has 0 aromatic carbocycles. The highest BCUT2D eigenvalue weighted by molar-refractivity contribution is 7.90. The lowest BCUT2D eigenvalue weighted by atomic mass is 10.3. The van der Waals surface area contributed by atoms with Crippen molar-refractivity contribution in [3.05, 3.63) is 24.0 Å². The SMILES string of the molecule is COCCNS(=O)(=O)Nc1ccnc(C(=O)O)c1. The van der Waals surface area contributed by atoms with Crippen molar-refractivity contribution in [2.45, 2.75) is 0 Å². The number of anilines is 1. The van der Waals surface area contributed by atoms with Crippen molar-refractivity contribution < 1.29 is 23.1 Å². The average molecular weight is 275 g/mol. The van der Waals surface area contributed by atoms with Crippen LogP contribution in [0.4, 0.5) is 5.69 Å². The van der Waals surface area contributed by atoms with E-state index in [0.717, 1.165) is 6.07 Å². The van der Waals surface area contributed by atoms with Gasteiger partial charge in [0, 0.05) is 19.9 Å². The average Bonchev–Trinajstić information content (AvgIpc) is 2.28. The summed E-state index contributed by atoms with van der Waals surface area (Å²) in [6, 6.07) is 2.47. The number of nitrogens with zero attached hydrogens (tertiary/aromatic N) is 1. The number of rotatable bonds is 7. The molecule has 0 amide bonds. The molecule has 0 saturated heterocycles. The van der Waals surface area contributed by atoms with Crippen molar-refractivity contribution in [3.63, 3.8) is 0 Å². The van der Waals surface area contributed by atoms with Gasteiger partial charge < -0.3 is 9.84 Å². The van der Waals surface area contributed by atoms with Gasteiger partial charge in [0.2, 0.25) is 0 Å². The standard InChI is InChI=1S/C9H13N3O5S/c1-17-5-4-11-18(15,16)12-7-2-3-10-8(6-7)9(13)14/h2-3,6,11H,4-5H2,1H3,(H,10,12)(H,13,14). The molecule has 1 aromatic rings. The number of hydrogen-bond donors (Lipinski definition) is 3. The molecule has 0 spiro atoms. The van der Waals surface area contributed by atoms with Crippen LogP contribution in [0.3, 0.4) is 0 Å². The Morgan fingerprint density at radius 2 is 2.28 bits per heavy atom. The van der Waals surface area contributed by atoms with Crippen LogP contribution < -0.4 is 9.44 Å². The van der Waals surface area contributed by atoms with Gasteiger partial charge in [0.15, 0.2) is 0 Å². The Morgan fingerprint density at radius 1 is 1.56 bits per heavy atom. The van der Waals surface area contributed by atoms with E-state index in [1.54, 1.807) is 0 Å². The zero-order valence-electron chi connectivity index (χ0n) is 9.58. The lowest BCUT2D eigenvalue weighted by Crippen LogP contribution is -2.32. The molecule has 3 N–H and O–H groups in total. The van der Waals surface area contributed by atoms with E-state index in [2.05, 4.69) is 14.4 Å². The third-order valence-corrected chi connectivity index (χ3v) is 2.92. The molecule has 0 saturated carbocycles. The Bertz CT molecular complexity index is 517. The normalized spacial score (nSPS) is 11.2. The van der Waals surface area contributed by atoms with Crippen molar-refractivity contribution in [3.8, 4) is 0 Å². The third-order valence-electron chi connectivity index (χ3n) is 1.83. The van der Waals surface area contributed by atoms with Crippen LogP contribution >= 0.6 is 0 Å². The number of carboxylic acids is 1. The van der Waals surface area contributed by atoms with E-state index < -0.39 is 16.2 Å². The molecular formula is C9H13N3O5S. The zero-order chi connectivity index (χ0) is 13.6. The predicted octanol–water partition coefficient (Wildman–Crippen LogP) is -0.327. The molecule has 1 aromatic heterocycles. The Kier molecular flexibility index (Phi) is 5.01. The monoisotopic (exact) mass is 275 g/mol. The first-order valence-corrected chi connectivity index (χ1v) is 6.38. The van der Waals surface area contributed by atoms with E-state index in [1.165, 1.54) is 19.4 Å². The molecular weight excluding hydrogens is 262 g/mol. The van der Waals surface area contributed by atoms with Gasteiger partial charge in [-0.25, -0.2) is 9.78 Å². The topological polar surface area (TPSA) is 118 Å². The summed E-state index contributed by atoms with van der Waals surface area (Å²) in [5.74, 6) is -1.23. The minimum absolute atomic E-state index is 0.114. The number of hydrogen-bond acceptors (Lipinski definition) is 5. The second kappa shape index (κ2) is 6.28. The van der Waals surface area contributed by atoms with Crippen LogP contribution in [-0.4, -0.2) is 44.7 Å². The lowest BCUT2D eigenvalue weighted by molar-refractivity contribution is 0.0690. The number of methoxy groups -OCH3 is 1. The number of carbonyl (C=O) groups is 1. The van der Waals surface area contributed by atoms with E-state index in [1.807, 2.05) is 0 Å². The molecule has 9 heteroatoms. The van der Waals surface area contributed by atoms with Crippen molar-refractivity contribution in [2.24, 2.45) is 0 Å². The summed E-state index contributed by atoms with van der Waals surface area (Å²) in [6.45, 7) is 0.348. The van der Waals surface area contributed by atoms with Crippen LogP contribution in [0.2, 0.25) is 0 Å². The van der Waals surface area contributed by atoms with Crippen molar-refractivity contribution in [1.29, 1.82) is 0 Å². The Balaban J connectivity index is 2.72. The summed E-state index contributed by atoms with van der Waals surface area (Å²) >= 11 is 0. The number of ether oxygens (including phenoxy) is 1. The quantitative estimate of drug-likeness (QED) is 0.587. The number of aromatic nitrogens is 1. The number of carboxylic acid groups (broad SMARTS) is 1. The van der Waals surface area contributed by atoms with Crippen LogP contribution in [0.25, 0.3) is 0 Å². The van der Waals surface area contributed by atoms with Crippen LogP contribution in [0.1, 0.15) is 10.5 Å². The molecule has 0 radical (unpaired) electrons. The van der Waals surface area contributed by atoms with Gasteiger partial charge in [0.1, 0.15) is 5.69 Å². The fraction of sp³-hybridized carbons (Fsp3) is 0.333. The van der Waals surface area contributed by atoms with Crippen LogP contribution in [0.15, 0.2) is 18.3 Å². The number of pyridine rings is 1. The van der Waals surface area contributed by atoms with Gasteiger partial charge in [-0.3, -0.25) is 4.72 Å². The largest absolute Gasteiger partial charge is 0.477 e. The van der Waals surface area contributed by atoms with E-state index in [9.17, 15) is 13.2 Å². The predicted molar refractivity (Wildman–Crippen MR) is 63.6 cm³/mol. The van der Waals surface area contributed by atoms with Crippen LogP contribution in [-0.2, 0) is 14.9 Å². The third kappa shape index (κ3) is 4.65. The second-order valence-corrected chi connectivity index (χ2v) is 4.73. The minimum atomic E-state index is -3.75. The number of nitrogens with one attached hydrogen (secondary N) is 2. The summed E-state index contributed by atoms with van der Waals surface area (Å²) in [4.78, 5) is 14.2. The highest BCUT2D eigenvalue weighted by Gasteiger charge is 2.11. The molecule has 0 aliphatic heterocycles. The number of aromatic carboxylic acids is 1. The zero-order valence-corrected chi connectivity index (χ0v) is 10.4. The van der Waals surface area contributed by atoms with Crippen molar-refractivity contribution in [1.82, 2.24) is 9.71 Å². The van der Waals surface area contributed by atoms with Gasteiger partial charge >= 0.3 is 5.97 Å². The Labute approximate surface area is 104 Å². The molecule has 1 heterocycles. The summed E-state index contributed by atoms with van der Waals surface area (Å²) < 4.78 is 32.1. The highest BCUT2D eigenvalue weighted by atomic mass is 32.2. The first kappa shape index (κ1) is 14.4. The first-order valence-electron chi connectivity index (χ1n) is 4.90. The molecule has 0 aliphatic rings. The molecule has 18 heavy (non-hydrogen) atoms. The molecule has 0 bridgehead atoms. The highest BCUT2D eigenvalue weighted by Crippen LogP contribution is 2.09. The van der Waals surface area contributed by atoms with E-state index in [0.29, 0.717) is 0 Å². The van der Waals surface area contributed by atoms with Gasteiger partial charge in [0.25, 0.3) is 10.2 Å². The minimum Gasteiger partial charge on any atom is -0.477 e. The summed E-state index contributed by atoms with van der Waals surface area (Å²) in [5.41, 5.74) is -0.126. The van der Waals surface area contributed by atoms with Crippen molar-refractivity contribution >= 4 is 21.9 Å². The van der Waals surface area contributed by atoms with E-state index in [-0.39, 0.29) is 24.5 Å². The van der Waals surface area contributed by atoms with Gasteiger partial charge in [-0.15, -0.1) is 0 Å². The fourth-order valence-corrected chi connectivity index (χ4v) is 1.94. The molecule has 0 unspecified atom stereocenters. The molecule has 100 valence electrons. The first-order chi connectivity index (χ1) is 8.44. The van der Waals surface area contributed by atoms with Crippen LogP contribution in [0, 0.1) is 0 Å². The van der Waals surface area contributed by atoms with E-state index >= 15 is 0 Å². The molecule has 1 rings (SSSR count). The summed E-state index contributed by atoms with van der Waals surface area (Å²) in [7, 11) is -2.30. The maximum atomic E-state index is 11.5. The molecule has 0 aliphatic carbocycles. The maximum Gasteiger partial charge on any atom is 0.354 e. The molecule has 0 fully saturated rings. The fourth-order valence-electron chi connectivity index (χ4n) is 1.08. The van der Waals surface area contributed by atoms with Gasteiger partial charge in [0.05, 0.1) is 12.3 Å². The Hall–Kier alpha value is -1.71. The second-order valence-electron chi connectivity index (χ2n) is 3.23. The summed E-state index contributed by atoms with van der Waals surface area (Å²) in [6.07, 6.45) is 1.20. The maximum absolute atomic E-state index is 11.5.